The van der Waals surface area contributed by atoms with Crippen molar-refractivity contribution in [1.82, 2.24) is 5.32 Å². The van der Waals surface area contributed by atoms with Crippen LogP contribution >= 0.6 is 11.8 Å². The molecule has 0 aliphatic carbocycles. The Bertz CT molecular complexity index is 881. The van der Waals surface area contributed by atoms with Gasteiger partial charge in [0.2, 0.25) is 0 Å². The van der Waals surface area contributed by atoms with Crippen molar-refractivity contribution in [2.24, 2.45) is 0 Å². The van der Waals surface area contributed by atoms with E-state index in [9.17, 15) is 13.2 Å². The maximum absolute atomic E-state index is 12.6. The van der Waals surface area contributed by atoms with Crippen molar-refractivity contribution < 1.29 is 17.9 Å². The SMILES string of the molecule is CSc1ccccc1NS(=O)(=O)c1ccc(O[C@H](C)C(=O)NC(C)C)cc1. The molecule has 2 aromatic rings. The van der Waals surface area contributed by atoms with E-state index in [-0.39, 0.29) is 16.8 Å². The van der Waals surface area contributed by atoms with E-state index in [0.717, 1.165) is 4.90 Å². The van der Waals surface area contributed by atoms with Crippen LogP contribution in [0, 0.1) is 0 Å². The van der Waals surface area contributed by atoms with Gasteiger partial charge in [-0.1, -0.05) is 12.1 Å². The molecule has 2 N–H and O–H groups in total. The summed E-state index contributed by atoms with van der Waals surface area (Å²) in [4.78, 5) is 12.9. The summed E-state index contributed by atoms with van der Waals surface area (Å²) in [7, 11) is -3.72. The van der Waals surface area contributed by atoms with Crippen LogP contribution in [0.2, 0.25) is 0 Å². The first kappa shape index (κ1) is 21.1. The number of ether oxygens (including phenoxy) is 1. The summed E-state index contributed by atoms with van der Waals surface area (Å²) in [6.45, 7) is 5.38. The van der Waals surface area contributed by atoms with Crippen molar-refractivity contribution in [2.45, 2.75) is 42.7 Å². The second-order valence-corrected chi connectivity index (χ2v) is 8.73. The Kier molecular flexibility index (Phi) is 7.15. The Morgan fingerprint density at radius 1 is 1.04 bits per heavy atom. The van der Waals surface area contributed by atoms with E-state index >= 15 is 0 Å². The normalized spacial score (nSPS) is 12.5. The molecule has 0 aromatic heterocycles. The van der Waals surface area contributed by atoms with Gasteiger partial charge in [0.15, 0.2) is 6.10 Å². The van der Waals surface area contributed by atoms with Crippen LogP contribution in [0.5, 0.6) is 5.75 Å². The van der Waals surface area contributed by atoms with Gasteiger partial charge < -0.3 is 10.1 Å². The molecule has 0 aliphatic heterocycles. The average molecular weight is 409 g/mol. The minimum absolute atomic E-state index is 0.0197. The molecule has 27 heavy (non-hydrogen) atoms. The molecule has 1 atom stereocenters. The zero-order valence-corrected chi connectivity index (χ0v) is 17.4. The first-order chi connectivity index (χ1) is 12.7. The van der Waals surface area contributed by atoms with Crippen molar-refractivity contribution in [1.29, 1.82) is 0 Å². The number of benzene rings is 2. The molecule has 2 aromatic carbocycles. The molecule has 0 unspecified atom stereocenters. The number of para-hydroxylation sites is 1. The summed E-state index contributed by atoms with van der Waals surface area (Å²) in [5.41, 5.74) is 0.532. The smallest absolute Gasteiger partial charge is 0.261 e. The Labute approximate surface area is 164 Å². The van der Waals surface area contributed by atoms with Crippen LogP contribution in [-0.4, -0.2) is 32.7 Å². The van der Waals surface area contributed by atoms with E-state index in [1.54, 1.807) is 19.1 Å². The molecule has 1 amide bonds. The molecule has 0 aliphatic rings. The summed E-state index contributed by atoms with van der Waals surface area (Å²) in [5, 5.41) is 2.76. The molecule has 2 rings (SSSR count). The third-order valence-corrected chi connectivity index (χ3v) is 5.78. The Morgan fingerprint density at radius 2 is 1.67 bits per heavy atom. The Balaban J connectivity index is 2.10. The van der Waals surface area contributed by atoms with E-state index in [1.807, 2.05) is 32.2 Å². The monoisotopic (exact) mass is 408 g/mol. The quantitative estimate of drug-likeness (QED) is 0.653. The minimum atomic E-state index is -3.72. The molecule has 0 saturated carbocycles. The molecule has 0 fully saturated rings. The number of thioether (sulfide) groups is 1. The lowest BCUT2D eigenvalue weighted by atomic mass is 10.3. The van der Waals surface area contributed by atoms with Gasteiger partial charge in [-0.3, -0.25) is 9.52 Å². The van der Waals surface area contributed by atoms with E-state index in [1.165, 1.54) is 36.0 Å². The lowest BCUT2D eigenvalue weighted by molar-refractivity contribution is -0.127. The van der Waals surface area contributed by atoms with Crippen LogP contribution in [-0.2, 0) is 14.8 Å². The molecule has 0 bridgehead atoms. The van der Waals surface area contributed by atoms with E-state index < -0.39 is 16.1 Å². The molecule has 0 saturated heterocycles. The van der Waals surface area contributed by atoms with Gasteiger partial charge in [-0.05, 0) is 63.4 Å². The third-order valence-electron chi connectivity index (χ3n) is 3.60. The predicted molar refractivity (Wildman–Crippen MR) is 109 cm³/mol. The van der Waals surface area contributed by atoms with Gasteiger partial charge in [0, 0.05) is 10.9 Å². The summed E-state index contributed by atoms with van der Waals surface area (Å²) in [6, 6.07) is 13.2. The fourth-order valence-corrected chi connectivity index (χ4v) is 3.99. The van der Waals surface area contributed by atoms with Gasteiger partial charge in [-0.2, -0.15) is 0 Å². The highest BCUT2D eigenvalue weighted by molar-refractivity contribution is 7.99. The fourth-order valence-electron chi connectivity index (χ4n) is 2.29. The molecule has 146 valence electrons. The Morgan fingerprint density at radius 3 is 2.26 bits per heavy atom. The van der Waals surface area contributed by atoms with Crippen molar-refractivity contribution in [3.63, 3.8) is 0 Å². The molecule has 8 heteroatoms. The number of amides is 1. The van der Waals surface area contributed by atoms with Gasteiger partial charge in [0.1, 0.15) is 5.75 Å². The highest BCUT2D eigenvalue weighted by Gasteiger charge is 2.18. The maximum Gasteiger partial charge on any atom is 0.261 e. The topological polar surface area (TPSA) is 84.5 Å². The van der Waals surface area contributed by atoms with Gasteiger partial charge in [-0.25, -0.2) is 8.42 Å². The average Bonchev–Trinajstić information content (AvgIpc) is 2.61. The van der Waals surface area contributed by atoms with E-state index in [0.29, 0.717) is 11.4 Å². The zero-order chi connectivity index (χ0) is 20.0. The standard InChI is InChI=1S/C19H24N2O4S2/c1-13(2)20-19(22)14(3)25-15-9-11-16(12-10-15)27(23,24)21-17-7-5-6-8-18(17)26-4/h5-14,21H,1-4H3,(H,20,22)/t14-/m1/s1. The lowest BCUT2D eigenvalue weighted by Gasteiger charge is -2.17. The first-order valence-electron chi connectivity index (χ1n) is 8.46. The van der Waals surface area contributed by atoms with Gasteiger partial charge >= 0.3 is 0 Å². The van der Waals surface area contributed by atoms with Crippen LogP contribution in [0.4, 0.5) is 5.69 Å². The van der Waals surface area contributed by atoms with Gasteiger partial charge in [-0.15, -0.1) is 11.8 Å². The summed E-state index contributed by atoms with van der Waals surface area (Å²) in [6.07, 6.45) is 1.21. The van der Waals surface area contributed by atoms with Crippen LogP contribution in [0.3, 0.4) is 0 Å². The van der Waals surface area contributed by atoms with Crippen molar-refractivity contribution in [2.75, 3.05) is 11.0 Å². The van der Waals surface area contributed by atoms with Crippen molar-refractivity contribution in [3.05, 3.63) is 48.5 Å². The maximum atomic E-state index is 12.6. The predicted octanol–water partition coefficient (Wildman–Crippen LogP) is 3.50. The minimum Gasteiger partial charge on any atom is -0.481 e. The number of nitrogens with one attached hydrogen (secondary N) is 2. The first-order valence-corrected chi connectivity index (χ1v) is 11.2. The summed E-state index contributed by atoms with van der Waals surface area (Å²) in [5.74, 6) is 0.196. The van der Waals surface area contributed by atoms with E-state index in [2.05, 4.69) is 10.0 Å². The van der Waals surface area contributed by atoms with Crippen LogP contribution in [0.15, 0.2) is 58.3 Å². The Hall–Kier alpha value is -2.19. The van der Waals surface area contributed by atoms with Crippen molar-refractivity contribution >= 4 is 33.4 Å². The number of sulfonamides is 1. The summed E-state index contributed by atoms with van der Waals surface area (Å²) >= 11 is 1.46. The number of hydrogen-bond donors (Lipinski definition) is 2. The van der Waals surface area contributed by atoms with E-state index in [4.69, 9.17) is 4.74 Å². The number of rotatable bonds is 8. The largest absolute Gasteiger partial charge is 0.481 e. The van der Waals surface area contributed by atoms with Crippen LogP contribution < -0.4 is 14.8 Å². The zero-order valence-electron chi connectivity index (χ0n) is 15.7. The van der Waals surface area contributed by atoms with Crippen LogP contribution in [0.1, 0.15) is 20.8 Å². The molecular weight excluding hydrogens is 384 g/mol. The molecule has 6 nitrogen and oxygen atoms in total. The van der Waals surface area contributed by atoms with Gasteiger partial charge in [0.05, 0.1) is 10.6 Å². The molecular formula is C19H24N2O4S2. The number of carbonyl (C=O) groups is 1. The third kappa shape index (κ3) is 5.90. The van der Waals surface area contributed by atoms with Gasteiger partial charge in [0.25, 0.3) is 15.9 Å². The molecule has 0 radical (unpaired) electrons. The second-order valence-electron chi connectivity index (χ2n) is 6.20. The number of hydrogen-bond acceptors (Lipinski definition) is 5. The fraction of sp³-hybridized carbons (Fsp3) is 0.316. The second kappa shape index (κ2) is 9.14. The molecule has 0 spiro atoms. The highest BCUT2D eigenvalue weighted by atomic mass is 32.2. The molecule has 0 heterocycles. The van der Waals surface area contributed by atoms with Crippen molar-refractivity contribution in [3.8, 4) is 5.75 Å². The number of anilines is 1. The summed E-state index contributed by atoms with van der Waals surface area (Å²) < 4.78 is 33.4. The van der Waals surface area contributed by atoms with Crippen LogP contribution in [0.25, 0.3) is 0 Å². The highest BCUT2D eigenvalue weighted by Crippen LogP contribution is 2.27. The lowest BCUT2D eigenvalue weighted by Crippen LogP contribution is -2.40. The number of carbonyl (C=O) groups excluding carboxylic acids is 1.